The number of hydrogen-bond acceptors (Lipinski definition) is 3. The van der Waals surface area contributed by atoms with Crippen LogP contribution in [0.5, 0.6) is 0 Å². The highest BCUT2D eigenvalue weighted by Crippen LogP contribution is 2.12. The van der Waals surface area contributed by atoms with Crippen molar-refractivity contribution in [3.63, 3.8) is 0 Å². The molecular weight excluding hydrogens is 363 g/mol. The van der Waals surface area contributed by atoms with E-state index in [-0.39, 0.29) is 5.75 Å². The lowest BCUT2D eigenvalue weighted by Crippen LogP contribution is -2.04. The Morgan fingerprint density at radius 1 is 1.39 bits per heavy atom. The number of rotatable bonds is 5. The molecule has 3 nitrogen and oxygen atoms in total. The molecule has 0 saturated carbocycles. The van der Waals surface area contributed by atoms with Gasteiger partial charge >= 0.3 is 0 Å². The van der Waals surface area contributed by atoms with Crippen molar-refractivity contribution in [3.05, 3.63) is 45.2 Å². The molecule has 0 N–H and O–H groups in total. The third kappa shape index (κ3) is 4.94. The molecule has 0 saturated heterocycles. The van der Waals surface area contributed by atoms with Gasteiger partial charge in [0.25, 0.3) is 0 Å². The minimum Gasteiger partial charge on any atom is -0.379 e. The maximum Gasteiger partial charge on any atom is 0.182 e. The largest absolute Gasteiger partial charge is 0.379 e. The molecule has 98 valence electrons. The number of halogens is 1. The van der Waals surface area contributed by atoms with E-state index in [9.17, 15) is 8.42 Å². The summed E-state index contributed by atoms with van der Waals surface area (Å²) in [5, 5.41) is 0. The first-order chi connectivity index (χ1) is 8.45. The smallest absolute Gasteiger partial charge is 0.182 e. The summed E-state index contributed by atoms with van der Waals surface area (Å²) in [6.07, 6.45) is 1.52. The molecule has 0 atom stereocenters. The Bertz CT molecular complexity index is 552. The average Bonchev–Trinajstić information content (AvgIpc) is 2.29. The molecule has 0 aliphatic rings. The van der Waals surface area contributed by atoms with Gasteiger partial charge in [0.15, 0.2) is 9.84 Å². The molecule has 0 aromatic heterocycles. The van der Waals surface area contributed by atoms with E-state index in [1.807, 2.05) is 6.92 Å². The number of sulfone groups is 1. The summed E-state index contributed by atoms with van der Waals surface area (Å²) in [7, 11) is -1.68. The summed E-state index contributed by atoms with van der Waals surface area (Å²) in [6, 6.07) is 6.84. The summed E-state index contributed by atoms with van der Waals surface area (Å²) < 4.78 is 29.7. The van der Waals surface area contributed by atoms with E-state index in [1.165, 1.54) is 6.08 Å². The fourth-order valence-electron chi connectivity index (χ4n) is 1.27. The number of aryl methyl sites for hydroxylation is 1. The zero-order chi connectivity index (χ0) is 13.6. The number of hydrogen-bond donors (Lipinski definition) is 0. The van der Waals surface area contributed by atoms with Crippen LogP contribution in [0.15, 0.2) is 44.5 Å². The van der Waals surface area contributed by atoms with E-state index in [0.29, 0.717) is 11.5 Å². The van der Waals surface area contributed by atoms with Crippen LogP contribution in [-0.4, -0.2) is 27.9 Å². The van der Waals surface area contributed by atoms with E-state index in [2.05, 4.69) is 28.3 Å². The van der Waals surface area contributed by atoms with E-state index < -0.39 is 9.84 Å². The minimum atomic E-state index is -3.26. The molecule has 0 unspecified atom stereocenters. The summed E-state index contributed by atoms with van der Waals surface area (Å²) in [5.74, 6) is -0.0493. The molecule has 0 fully saturated rings. The molecule has 0 radical (unpaired) electrons. The van der Waals surface area contributed by atoms with Gasteiger partial charge in [-0.1, -0.05) is 17.7 Å². The Morgan fingerprint density at radius 2 is 2.00 bits per heavy atom. The number of benzene rings is 1. The van der Waals surface area contributed by atoms with Gasteiger partial charge in [0, 0.05) is 7.11 Å². The first-order valence-corrected chi connectivity index (χ1v) is 8.06. The molecule has 1 aromatic carbocycles. The molecule has 0 amide bonds. The summed E-state index contributed by atoms with van der Waals surface area (Å²) in [5.41, 5.74) is 3.94. The average molecular weight is 378 g/mol. The van der Waals surface area contributed by atoms with Gasteiger partial charge in [-0.15, -0.1) is 5.73 Å². The fourth-order valence-corrected chi connectivity index (χ4v) is 2.85. The monoisotopic (exact) mass is 378 g/mol. The van der Waals surface area contributed by atoms with Gasteiger partial charge in [0.2, 0.25) is 0 Å². The van der Waals surface area contributed by atoms with Gasteiger partial charge in [0.05, 0.1) is 20.8 Å². The zero-order valence-corrected chi connectivity index (χ0v) is 13.3. The highest BCUT2D eigenvalue weighted by molar-refractivity contribution is 14.1. The Hall–Kier alpha value is -0.620. The standard InChI is InChI=1S/C13H15IO3S/c1-11-5-7-13(8-6-11)18(15,16)9-3-4-12(14)10-17-2/h3,5-8H,9-10H2,1-2H3. The molecule has 1 aromatic rings. The van der Waals surface area contributed by atoms with Crippen LogP contribution in [0.25, 0.3) is 0 Å². The lowest BCUT2D eigenvalue weighted by atomic mass is 10.2. The van der Waals surface area contributed by atoms with Crippen molar-refractivity contribution in [2.24, 2.45) is 0 Å². The molecule has 0 spiro atoms. The van der Waals surface area contributed by atoms with Gasteiger partial charge in [-0.3, -0.25) is 0 Å². The normalized spacial score (nSPS) is 10.8. The van der Waals surface area contributed by atoms with Crippen molar-refractivity contribution >= 4 is 32.4 Å². The van der Waals surface area contributed by atoms with Crippen LogP contribution in [0.3, 0.4) is 0 Å². The zero-order valence-electron chi connectivity index (χ0n) is 10.3. The maximum atomic E-state index is 12.0. The van der Waals surface area contributed by atoms with Crippen LogP contribution in [0.4, 0.5) is 0 Å². The first kappa shape index (κ1) is 15.4. The van der Waals surface area contributed by atoms with Gasteiger partial charge in [-0.25, -0.2) is 8.42 Å². The molecule has 0 bridgehead atoms. The van der Waals surface area contributed by atoms with Crippen molar-refractivity contribution in [2.75, 3.05) is 19.5 Å². The minimum absolute atomic E-state index is 0.0493. The second kappa shape index (κ2) is 7.09. The second-order valence-electron chi connectivity index (χ2n) is 3.78. The quantitative estimate of drug-likeness (QED) is 0.585. The Balaban J connectivity index is 2.83. The van der Waals surface area contributed by atoms with Crippen LogP contribution in [0, 0.1) is 6.92 Å². The van der Waals surface area contributed by atoms with Crippen molar-refractivity contribution < 1.29 is 13.2 Å². The molecule has 18 heavy (non-hydrogen) atoms. The first-order valence-electron chi connectivity index (χ1n) is 5.33. The van der Waals surface area contributed by atoms with Crippen LogP contribution >= 0.6 is 22.6 Å². The molecular formula is C13H15IO3S. The van der Waals surface area contributed by atoms with Crippen LogP contribution in [0.2, 0.25) is 0 Å². The highest BCUT2D eigenvalue weighted by atomic mass is 127. The topological polar surface area (TPSA) is 43.4 Å². The van der Waals surface area contributed by atoms with E-state index in [1.54, 1.807) is 31.4 Å². The third-order valence-corrected chi connectivity index (χ3v) is 4.43. The maximum absolute atomic E-state index is 12.0. The van der Waals surface area contributed by atoms with Crippen LogP contribution in [-0.2, 0) is 14.6 Å². The Kier molecular flexibility index (Phi) is 6.08. The van der Waals surface area contributed by atoms with Crippen molar-refractivity contribution in [2.45, 2.75) is 11.8 Å². The van der Waals surface area contributed by atoms with E-state index in [4.69, 9.17) is 4.74 Å². The predicted molar refractivity (Wildman–Crippen MR) is 80.7 cm³/mol. The predicted octanol–water partition coefficient (Wildman–Crippen LogP) is 2.89. The highest BCUT2D eigenvalue weighted by Gasteiger charge is 2.11. The van der Waals surface area contributed by atoms with Gasteiger partial charge in [-0.2, -0.15) is 0 Å². The lowest BCUT2D eigenvalue weighted by molar-refractivity contribution is 0.233. The Morgan fingerprint density at radius 3 is 2.56 bits per heavy atom. The van der Waals surface area contributed by atoms with E-state index in [0.717, 1.165) is 9.14 Å². The third-order valence-electron chi connectivity index (χ3n) is 2.21. The Labute approximate surface area is 122 Å². The number of methoxy groups -OCH3 is 1. The van der Waals surface area contributed by atoms with Crippen molar-refractivity contribution in [3.8, 4) is 0 Å². The van der Waals surface area contributed by atoms with Crippen LogP contribution in [0.1, 0.15) is 5.56 Å². The SMILES string of the molecule is COCC(I)=C=CCS(=O)(=O)c1ccc(C)cc1. The van der Waals surface area contributed by atoms with E-state index >= 15 is 0 Å². The molecule has 0 heterocycles. The van der Waals surface area contributed by atoms with Crippen molar-refractivity contribution in [1.82, 2.24) is 0 Å². The molecule has 0 aliphatic carbocycles. The summed E-state index contributed by atoms with van der Waals surface area (Å²) in [6.45, 7) is 2.37. The van der Waals surface area contributed by atoms with Crippen molar-refractivity contribution in [1.29, 1.82) is 0 Å². The summed E-state index contributed by atoms with van der Waals surface area (Å²) >= 11 is 2.07. The molecule has 1 rings (SSSR count). The molecule has 0 aliphatic heterocycles. The second-order valence-corrected chi connectivity index (χ2v) is 7.12. The van der Waals surface area contributed by atoms with Crippen LogP contribution < -0.4 is 0 Å². The van der Waals surface area contributed by atoms with Gasteiger partial charge in [0.1, 0.15) is 0 Å². The lowest BCUT2D eigenvalue weighted by Gasteiger charge is -2.01. The van der Waals surface area contributed by atoms with Gasteiger partial charge < -0.3 is 4.74 Å². The summed E-state index contributed by atoms with van der Waals surface area (Å²) in [4.78, 5) is 0.341. The van der Waals surface area contributed by atoms with Gasteiger partial charge in [-0.05, 0) is 47.7 Å². The molecule has 5 heteroatoms. The number of ether oxygens (including phenoxy) is 1. The fraction of sp³-hybridized carbons (Fsp3) is 0.308.